The van der Waals surface area contributed by atoms with Gasteiger partial charge in [-0.25, -0.2) is 0 Å². The molecule has 0 aliphatic rings. The predicted octanol–water partition coefficient (Wildman–Crippen LogP) is 3.80. The lowest BCUT2D eigenvalue weighted by Crippen LogP contribution is -2.26. The second-order valence-corrected chi connectivity index (χ2v) is 4.84. The fourth-order valence-corrected chi connectivity index (χ4v) is 2.10. The molecule has 0 aliphatic heterocycles. The summed E-state index contributed by atoms with van der Waals surface area (Å²) < 4.78 is 0. The van der Waals surface area contributed by atoms with Crippen molar-refractivity contribution in [3.05, 3.63) is 64.2 Å². The van der Waals surface area contributed by atoms with Crippen molar-refractivity contribution in [1.82, 2.24) is 0 Å². The smallest absolute Gasteiger partial charge is 0.259 e. The average Bonchev–Trinajstić information content (AvgIpc) is 2.48. The van der Waals surface area contributed by atoms with Gasteiger partial charge < -0.3 is 4.90 Å². The monoisotopic (exact) mass is 284 g/mol. The average molecular weight is 285 g/mol. The Labute approximate surface area is 123 Å². The summed E-state index contributed by atoms with van der Waals surface area (Å²) >= 11 is 6.18. The number of halogens is 1. The van der Waals surface area contributed by atoms with Crippen molar-refractivity contribution in [2.24, 2.45) is 0 Å². The molecule has 1 amide bonds. The molecule has 0 heterocycles. The maximum Gasteiger partial charge on any atom is 0.259 e. The lowest BCUT2D eigenvalue weighted by atomic mass is 10.1. The summed E-state index contributed by atoms with van der Waals surface area (Å²) in [7, 11) is 1.66. The van der Waals surface area contributed by atoms with E-state index in [4.69, 9.17) is 16.9 Å². The van der Waals surface area contributed by atoms with Crippen molar-refractivity contribution in [2.45, 2.75) is 6.92 Å². The first-order chi connectivity index (χ1) is 9.54. The van der Waals surface area contributed by atoms with Crippen molar-refractivity contribution in [3.8, 4) is 6.07 Å². The van der Waals surface area contributed by atoms with Crippen molar-refractivity contribution < 1.29 is 4.79 Å². The third-order valence-corrected chi connectivity index (χ3v) is 3.59. The van der Waals surface area contributed by atoms with Crippen molar-refractivity contribution in [1.29, 1.82) is 5.26 Å². The summed E-state index contributed by atoms with van der Waals surface area (Å²) in [6.45, 7) is 1.86. The number of benzene rings is 2. The van der Waals surface area contributed by atoms with E-state index in [0.717, 1.165) is 5.56 Å². The molecule has 0 saturated heterocycles. The molecule has 2 aromatic rings. The standard InChI is InChI=1S/C16H13ClN2O/c1-11-5-3-8-14(15(11)17)16(20)19(2)13-7-4-6-12(9-13)10-18/h3-9H,1-2H3. The molecule has 2 aromatic carbocycles. The maximum atomic E-state index is 12.5. The van der Waals surface area contributed by atoms with Crippen LogP contribution in [0.15, 0.2) is 42.5 Å². The number of nitrogens with zero attached hydrogens (tertiary/aromatic N) is 2. The third kappa shape index (κ3) is 2.66. The van der Waals surface area contributed by atoms with Crippen molar-refractivity contribution in [2.75, 3.05) is 11.9 Å². The van der Waals surface area contributed by atoms with Gasteiger partial charge in [-0.15, -0.1) is 0 Å². The van der Waals surface area contributed by atoms with E-state index in [-0.39, 0.29) is 5.91 Å². The minimum Gasteiger partial charge on any atom is -0.311 e. The molecule has 0 N–H and O–H groups in total. The predicted molar refractivity (Wildman–Crippen MR) is 80.1 cm³/mol. The largest absolute Gasteiger partial charge is 0.311 e. The summed E-state index contributed by atoms with van der Waals surface area (Å²) in [6, 6.07) is 14.3. The van der Waals surface area contributed by atoms with Crippen LogP contribution in [0.5, 0.6) is 0 Å². The molecule has 0 unspecified atom stereocenters. The van der Waals surface area contributed by atoms with Crippen LogP contribution in [0.3, 0.4) is 0 Å². The van der Waals surface area contributed by atoms with Crippen LogP contribution in [-0.2, 0) is 0 Å². The van der Waals surface area contributed by atoms with Gasteiger partial charge in [-0.3, -0.25) is 4.79 Å². The number of hydrogen-bond donors (Lipinski definition) is 0. The highest BCUT2D eigenvalue weighted by Gasteiger charge is 2.17. The molecular formula is C16H13ClN2O. The lowest BCUT2D eigenvalue weighted by Gasteiger charge is -2.18. The second kappa shape index (κ2) is 5.77. The first kappa shape index (κ1) is 14.1. The lowest BCUT2D eigenvalue weighted by molar-refractivity contribution is 0.0993. The first-order valence-electron chi connectivity index (χ1n) is 6.08. The van der Waals surface area contributed by atoms with Crippen molar-refractivity contribution in [3.63, 3.8) is 0 Å². The van der Waals surface area contributed by atoms with Gasteiger partial charge in [-0.2, -0.15) is 5.26 Å². The summed E-state index contributed by atoms with van der Waals surface area (Å²) in [4.78, 5) is 14.0. The number of anilines is 1. The fourth-order valence-electron chi connectivity index (χ4n) is 1.89. The summed E-state index contributed by atoms with van der Waals surface area (Å²) in [5, 5.41) is 9.36. The third-order valence-electron chi connectivity index (χ3n) is 3.09. The molecule has 2 rings (SSSR count). The second-order valence-electron chi connectivity index (χ2n) is 4.46. The highest BCUT2D eigenvalue weighted by molar-refractivity contribution is 6.35. The molecule has 4 heteroatoms. The van der Waals surface area contributed by atoms with E-state index in [1.807, 2.05) is 13.0 Å². The van der Waals surface area contributed by atoms with E-state index >= 15 is 0 Å². The van der Waals surface area contributed by atoms with Crippen LogP contribution >= 0.6 is 11.6 Å². The molecule has 0 spiro atoms. The Hall–Kier alpha value is -2.31. The zero-order valence-corrected chi connectivity index (χ0v) is 12.0. The number of nitriles is 1. The number of amides is 1. The quantitative estimate of drug-likeness (QED) is 0.842. The van der Waals surface area contributed by atoms with E-state index < -0.39 is 0 Å². The molecule has 100 valence electrons. The molecule has 3 nitrogen and oxygen atoms in total. The van der Waals surface area contributed by atoms with E-state index in [0.29, 0.717) is 21.8 Å². The van der Waals surface area contributed by atoms with E-state index in [1.165, 1.54) is 4.90 Å². The Balaban J connectivity index is 2.38. The molecule has 0 aromatic heterocycles. The fraction of sp³-hybridized carbons (Fsp3) is 0.125. The Kier molecular flexibility index (Phi) is 4.07. The Bertz CT molecular complexity index is 704. The Morgan fingerprint density at radius 3 is 2.65 bits per heavy atom. The van der Waals surface area contributed by atoms with Crippen LogP contribution < -0.4 is 4.90 Å². The summed E-state index contributed by atoms with van der Waals surface area (Å²) in [5.74, 6) is -0.200. The van der Waals surface area contributed by atoms with Gasteiger partial charge in [-0.1, -0.05) is 29.8 Å². The van der Waals surface area contributed by atoms with Crippen LogP contribution in [0, 0.1) is 18.3 Å². The Morgan fingerprint density at radius 2 is 1.95 bits per heavy atom. The number of rotatable bonds is 2. The number of hydrogen-bond acceptors (Lipinski definition) is 2. The van der Waals surface area contributed by atoms with Gasteiger partial charge in [0.2, 0.25) is 0 Å². The van der Waals surface area contributed by atoms with Gasteiger partial charge in [-0.05, 0) is 36.8 Å². The SMILES string of the molecule is Cc1cccc(C(=O)N(C)c2cccc(C#N)c2)c1Cl. The van der Waals surface area contributed by atoms with Gasteiger partial charge in [0, 0.05) is 12.7 Å². The number of carbonyl (C=O) groups excluding carboxylic acids is 1. The first-order valence-corrected chi connectivity index (χ1v) is 6.45. The maximum absolute atomic E-state index is 12.5. The van der Waals surface area contributed by atoms with Gasteiger partial charge >= 0.3 is 0 Å². The molecule has 0 aliphatic carbocycles. The molecule has 20 heavy (non-hydrogen) atoms. The van der Waals surface area contributed by atoms with Gasteiger partial charge in [0.25, 0.3) is 5.91 Å². The molecule has 0 radical (unpaired) electrons. The molecule has 0 saturated carbocycles. The van der Waals surface area contributed by atoms with Crippen LogP contribution in [0.25, 0.3) is 0 Å². The van der Waals surface area contributed by atoms with Gasteiger partial charge in [0.05, 0.1) is 22.2 Å². The highest BCUT2D eigenvalue weighted by Crippen LogP contribution is 2.24. The van der Waals surface area contributed by atoms with Gasteiger partial charge in [0.15, 0.2) is 0 Å². The van der Waals surface area contributed by atoms with E-state index in [1.54, 1.807) is 43.4 Å². The minimum absolute atomic E-state index is 0.200. The van der Waals surface area contributed by atoms with E-state index in [2.05, 4.69) is 6.07 Å². The number of aryl methyl sites for hydroxylation is 1. The highest BCUT2D eigenvalue weighted by atomic mass is 35.5. The summed E-state index contributed by atoms with van der Waals surface area (Å²) in [6.07, 6.45) is 0. The summed E-state index contributed by atoms with van der Waals surface area (Å²) in [5.41, 5.74) is 2.48. The molecule has 0 fully saturated rings. The van der Waals surface area contributed by atoms with E-state index in [9.17, 15) is 4.79 Å². The van der Waals surface area contributed by atoms with Crippen LogP contribution in [0.2, 0.25) is 5.02 Å². The zero-order valence-electron chi connectivity index (χ0n) is 11.2. The van der Waals surface area contributed by atoms with Crippen molar-refractivity contribution >= 4 is 23.2 Å². The van der Waals surface area contributed by atoms with Crippen LogP contribution in [0.1, 0.15) is 21.5 Å². The Morgan fingerprint density at radius 1 is 1.25 bits per heavy atom. The number of carbonyl (C=O) groups is 1. The normalized spacial score (nSPS) is 9.90. The minimum atomic E-state index is -0.200. The zero-order chi connectivity index (χ0) is 14.7. The molecule has 0 bridgehead atoms. The molecule has 0 atom stereocenters. The van der Waals surface area contributed by atoms with Crippen LogP contribution in [0.4, 0.5) is 5.69 Å². The van der Waals surface area contributed by atoms with Crippen LogP contribution in [-0.4, -0.2) is 13.0 Å². The van der Waals surface area contributed by atoms with Gasteiger partial charge in [0.1, 0.15) is 0 Å². The topological polar surface area (TPSA) is 44.1 Å². The molecular weight excluding hydrogens is 272 g/mol.